The lowest BCUT2D eigenvalue weighted by molar-refractivity contribution is 0.210. The lowest BCUT2D eigenvalue weighted by atomic mass is 10.2. The molecule has 2 aromatic carbocycles. The second kappa shape index (κ2) is 12.6. The molecule has 1 saturated heterocycles. The quantitative estimate of drug-likeness (QED) is 0.638. The van der Waals surface area contributed by atoms with Gasteiger partial charge in [0.1, 0.15) is 0 Å². The third-order valence-corrected chi connectivity index (χ3v) is 4.84. The SMILES string of the molecule is c1ccc(CN2CCNCNCN(Cc3ccccc3)CNCCNC2)cc1. The van der Waals surface area contributed by atoms with E-state index in [-0.39, 0.29) is 0 Å². The molecule has 0 spiro atoms. The summed E-state index contributed by atoms with van der Waals surface area (Å²) >= 11 is 0. The number of nitrogens with one attached hydrogen (secondary N) is 4. The average Bonchev–Trinajstić information content (AvgIpc) is 2.73. The number of nitrogens with zero attached hydrogens (tertiary/aromatic N) is 2. The molecule has 0 amide bonds. The van der Waals surface area contributed by atoms with Crippen LogP contribution in [0.25, 0.3) is 0 Å². The van der Waals surface area contributed by atoms with Crippen LogP contribution in [0.15, 0.2) is 60.7 Å². The van der Waals surface area contributed by atoms with Crippen molar-refractivity contribution in [3.63, 3.8) is 0 Å². The van der Waals surface area contributed by atoms with Crippen molar-refractivity contribution in [3.05, 3.63) is 71.8 Å². The predicted molar refractivity (Wildman–Crippen MR) is 115 cm³/mol. The Balaban J connectivity index is 1.45. The fourth-order valence-corrected chi connectivity index (χ4v) is 3.34. The van der Waals surface area contributed by atoms with Gasteiger partial charge in [-0.2, -0.15) is 0 Å². The highest BCUT2D eigenvalue weighted by Crippen LogP contribution is 2.04. The van der Waals surface area contributed by atoms with Gasteiger partial charge in [0.2, 0.25) is 0 Å². The Morgan fingerprint density at radius 2 is 1.11 bits per heavy atom. The summed E-state index contributed by atoms with van der Waals surface area (Å²) in [6, 6.07) is 21.3. The first-order chi connectivity index (χ1) is 13.9. The molecule has 1 aliphatic rings. The van der Waals surface area contributed by atoms with Crippen LogP contribution in [0.5, 0.6) is 0 Å². The molecule has 3 rings (SSSR count). The minimum Gasteiger partial charge on any atom is -0.303 e. The van der Waals surface area contributed by atoms with Gasteiger partial charge in [-0.05, 0) is 11.1 Å². The Hall–Kier alpha value is -1.80. The van der Waals surface area contributed by atoms with Crippen LogP contribution in [0.1, 0.15) is 11.1 Å². The molecule has 28 heavy (non-hydrogen) atoms. The molecule has 0 radical (unpaired) electrons. The standard InChI is InChI=1S/C22H34N6/c1-3-7-21(8-4-1)15-27-14-13-23-17-26-20-28(19-25-12-11-24-18-27)16-22-9-5-2-6-10-22/h1-10,23-26H,11-20H2. The summed E-state index contributed by atoms with van der Waals surface area (Å²) in [5.41, 5.74) is 2.70. The van der Waals surface area contributed by atoms with Crippen molar-refractivity contribution in [3.8, 4) is 0 Å². The van der Waals surface area contributed by atoms with Gasteiger partial charge in [0, 0.05) is 59.3 Å². The van der Waals surface area contributed by atoms with Crippen molar-refractivity contribution in [1.82, 2.24) is 31.1 Å². The van der Waals surface area contributed by atoms with Crippen LogP contribution in [0.4, 0.5) is 0 Å². The smallest absolute Gasteiger partial charge is 0.0506 e. The monoisotopic (exact) mass is 382 g/mol. The molecule has 6 heteroatoms. The van der Waals surface area contributed by atoms with Crippen LogP contribution in [-0.2, 0) is 13.1 Å². The molecule has 0 bridgehead atoms. The first-order valence-electron chi connectivity index (χ1n) is 10.3. The van der Waals surface area contributed by atoms with Gasteiger partial charge < -0.3 is 16.0 Å². The van der Waals surface area contributed by atoms with Crippen molar-refractivity contribution >= 4 is 0 Å². The van der Waals surface area contributed by atoms with E-state index >= 15 is 0 Å². The molecule has 0 atom stereocenters. The van der Waals surface area contributed by atoms with Crippen molar-refractivity contribution in [2.75, 3.05) is 52.9 Å². The van der Waals surface area contributed by atoms with Gasteiger partial charge in [-0.15, -0.1) is 0 Å². The Kier molecular flexibility index (Phi) is 9.43. The predicted octanol–water partition coefficient (Wildman–Crippen LogP) is 1.19. The maximum absolute atomic E-state index is 3.58. The van der Waals surface area contributed by atoms with E-state index < -0.39 is 0 Å². The molecule has 1 heterocycles. The van der Waals surface area contributed by atoms with E-state index in [9.17, 15) is 0 Å². The van der Waals surface area contributed by atoms with Crippen LogP contribution < -0.4 is 21.3 Å². The van der Waals surface area contributed by atoms with Gasteiger partial charge in [-0.3, -0.25) is 15.1 Å². The second-order valence-corrected chi connectivity index (χ2v) is 7.25. The number of rotatable bonds is 4. The zero-order chi connectivity index (χ0) is 19.3. The molecule has 152 valence electrons. The van der Waals surface area contributed by atoms with Gasteiger partial charge in [0.15, 0.2) is 0 Å². The first-order valence-corrected chi connectivity index (χ1v) is 10.3. The molecule has 4 N–H and O–H groups in total. The van der Waals surface area contributed by atoms with Gasteiger partial charge in [0.05, 0.1) is 6.67 Å². The van der Waals surface area contributed by atoms with Crippen LogP contribution in [-0.4, -0.2) is 62.7 Å². The van der Waals surface area contributed by atoms with Crippen molar-refractivity contribution in [2.24, 2.45) is 0 Å². The summed E-state index contributed by atoms with van der Waals surface area (Å²) in [5, 5.41) is 14.2. The zero-order valence-corrected chi connectivity index (χ0v) is 16.7. The first kappa shape index (κ1) is 20.9. The van der Waals surface area contributed by atoms with E-state index in [0.717, 1.165) is 65.9 Å². The summed E-state index contributed by atoms with van der Waals surface area (Å²) in [6.45, 7) is 9.28. The fourth-order valence-electron chi connectivity index (χ4n) is 3.34. The van der Waals surface area contributed by atoms with Crippen LogP contribution in [0, 0.1) is 0 Å². The molecule has 1 fully saturated rings. The summed E-state index contributed by atoms with van der Waals surface area (Å²) in [5.74, 6) is 0. The third kappa shape index (κ3) is 8.06. The summed E-state index contributed by atoms with van der Waals surface area (Å²) < 4.78 is 0. The zero-order valence-electron chi connectivity index (χ0n) is 16.7. The number of hydrogen-bond donors (Lipinski definition) is 4. The van der Waals surface area contributed by atoms with E-state index in [1.165, 1.54) is 11.1 Å². The highest BCUT2D eigenvalue weighted by Gasteiger charge is 2.08. The van der Waals surface area contributed by atoms with Gasteiger partial charge >= 0.3 is 0 Å². The fraction of sp³-hybridized carbons (Fsp3) is 0.455. The third-order valence-electron chi connectivity index (χ3n) is 4.84. The Labute approximate surface area is 169 Å². The molecule has 2 aromatic rings. The van der Waals surface area contributed by atoms with Gasteiger partial charge in [-0.25, -0.2) is 0 Å². The van der Waals surface area contributed by atoms with Crippen LogP contribution in [0.2, 0.25) is 0 Å². The van der Waals surface area contributed by atoms with Crippen molar-refractivity contribution in [1.29, 1.82) is 0 Å². The average molecular weight is 383 g/mol. The minimum atomic E-state index is 0.817. The van der Waals surface area contributed by atoms with Gasteiger partial charge in [-0.1, -0.05) is 60.7 Å². The molecule has 1 aliphatic heterocycles. The molecule has 6 nitrogen and oxygen atoms in total. The van der Waals surface area contributed by atoms with E-state index in [1.807, 2.05) is 0 Å². The number of benzene rings is 2. The van der Waals surface area contributed by atoms with E-state index in [2.05, 4.69) is 91.7 Å². The molecule has 0 aromatic heterocycles. The normalized spacial score (nSPS) is 19.1. The van der Waals surface area contributed by atoms with E-state index in [1.54, 1.807) is 0 Å². The van der Waals surface area contributed by atoms with Crippen LogP contribution in [0.3, 0.4) is 0 Å². The second-order valence-electron chi connectivity index (χ2n) is 7.25. The Morgan fingerprint density at radius 1 is 0.571 bits per heavy atom. The van der Waals surface area contributed by atoms with E-state index in [4.69, 9.17) is 0 Å². The summed E-state index contributed by atoms with van der Waals surface area (Å²) in [6.07, 6.45) is 0. The largest absolute Gasteiger partial charge is 0.303 e. The maximum Gasteiger partial charge on any atom is 0.0506 e. The topological polar surface area (TPSA) is 54.6 Å². The van der Waals surface area contributed by atoms with Gasteiger partial charge in [0.25, 0.3) is 0 Å². The molecule has 0 aliphatic carbocycles. The lowest BCUT2D eigenvalue weighted by Gasteiger charge is -2.26. The Morgan fingerprint density at radius 3 is 1.75 bits per heavy atom. The summed E-state index contributed by atoms with van der Waals surface area (Å²) in [7, 11) is 0. The lowest BCUT2D eigenvalue weighted by Crippen LogP contribution is -2.47. The minimum absolute atomic E-state index is 0.817. The van der Waals surface area contributed by atoms with Crippen molar-refractivity contribution in [2.45, 2.75) is 13.1 Å². The van der Waals surface area contributed by atoms with Crippen LogP contribution >= 0.6 is 0 Å². The van der Waals surface area contributed by atoms with Crippen molar-refractivity contribution < 1.29 is 0 Å². The maximum atomic E-state index is 3.58. The number of hydrogen-bond acceptors (Lipinski definition) is 6. The molecular formula is C22H34N6. The van der Waals surface area contributed by atoms with E-state index in [0.29, 0.717) is 0 Å². The molecule has 0 unspecified atom stereocenters. The molecular weight excluding hydrogens is 348 g/mol. The highest BCUT2D eigenvalue weighted by atomic mass is 15.3. The molecule has 0 saturated carbocycles. The highest BCUT2D eigenvalue weighted by molar-refractivity contribution is 5.15. The summed E-state index contributed by atoms with van der Waals surface area (Å²) in [4.78, 5) is 4.85. The Bertz CT molecular complexity index is 562.